The van der Waals surface area contributed by atoms with Crippen LogP contribution in [0.3, 0.4) is 0 Å². The highest BCUT2D eigenvalue weighted by Crippen LogP contribution is 2.47. The molecule has 0 atom stereocenters. The first-order chi connectivity index (χ1) is 21.5. The maximum Gasteiger partial charge on any atom is 0.426 e. The molecule has 7 rings (SSSR count). The first-order valence-electron chi connectivity index (χ1n) is 14.7. The third-order valence-electron chi connectivity index (χ3n) is 8.29. The molecule has 0 N–H and O–H groups in total. The Bertz CT molecular complexity index is 1630. The van der Waals surface area contributed by atoms with Gasteiger partial charge < -0.3 is 18.9 Å². The van der Waals surface area contributed by atoms with E-state index in [9.17, 15) is 17.6 Å². The van der Waals surface area contributed by atoms with E-state index in [2.05, 4.69) is 6.92 Å². The first-order valence-corrected chi connectivity index (χ1v) is 14.7. The predicted octanol–water partition coefficient (Wildman–Crippen LogP) is 9.46. The van der Waals surface area contributed by atoms with E-state index in [4.69, 9.17) is 18.9 Å². The Labute approximate surface area is 256 Å². The molecule has 4 nitrogen and oxygen atoms in total. The topological polar surface area (TPSA) is 36.9 Å². The molecule has 3 heterocycles. The number of fused-ring (bicyclic) bond motifs is 3. The summed E-state index contributed by atoms with van der Waals surface area (Å²) in [7, 11) is 0. The van der Waals surface area contributed by atoms with Crippen LogP contribution in [0.1, 0.15) is 43.7 Å². The average molecular weight is 629 g/mol. The van der Waals surface area contributed by atoms with Crippen molar-refractivity contribution in [2.24, 2.45) is 5.41 Å². The van der Waals surface area contributed by atoms with Crippen LogP contribution in [0.15, 0.2) is 78.9 Å². The van der Waals surface area contributed by atoms with Crippen LogP contribution in [0.2, 0.25) is 0 Å². The Morgan fingerprint density at radius 3 is 1.82 bits per heavy atom. The number of hydrogen-bond donors (Lipinski definition) is 0. The van der Waals surface area contributed by atoms with Crippen LogP contribution in [0.25, 0.3) is 22.3 Å². The molecule has 3 aliphatic heterocycles. The largest absolute Gasteiger partial charge is 0.429 e. The SMILES string of the molecule is CCCCCC12COC(c3ccc(-c4ccc(C(F)(F)Oc5ccc(-c6cc(F)c(F)c(F)c6)c(F)c5)cc4)cc3)(OC1)OC2. The number of benzene rings is 4. The molecular weight excluding hydrogens is 598 g/mol. The van der Waals surface area contributed by atoms with Gasteiger partial charge in [0.1, 0.15) is 11.6 Å². The van der Waals surface area contributed by atoms with E-state index in [1.807, 2.05) is 24.3 Å². The fourth-order valence-corrected chi connectivity index (χ4v) is 5.65. The van der Waals surface area contributed by atoms with Gasteiger partial charge in [-0.3, -0.25) is 0 Å². The number of rotatable bonds is 10. The van der Waals surface area contributed by atoms with Gasteiger partial charge in [0.05, 0.1) is 25.4 Å². The molecule has 0 aliphatic carbocycles. The number of alkyl halides is 2. The fourth-order valence-electron chi connectivity index (χ4n) is 5.65. The van der Waals surface area contributed by atoms with Gasteiger partial charge >= 0.3 is 12.1 Å². The van der Waals surface area contributed by atoms with Crippen molar-refractivity contribution in [3.63, 3.8) is 0 Å². The summed E-state index contributed by atoms with van der Waals surface area (Å²) < 4.78 is 108. The first kappa shape index (κ1) is 31.1. The lowest BCUT2D eigenvalue weighted by molar-refractivity contribution is -0.480. The molecule has 3 fully saturated rings. The van der Waals surface area contributed by atoms with Crippen LogP contribution in [0.5, 0.6) is 5.75 Å². The zero-order chi connectivity index (χ0) is 31.8. The smallest absolute Gasteiger partial charge is 0.426 e. The Morgan fingerprint density at radius 1 is 0.689 bits per heavy atom. The molecule has 4 aromatic rings. The van der Waals surface area contributed by atoms with Crippen LogP contribution < -0.4 is 4.74 Å². The maximum atomic E-state index is 15.0. The summed E-state index contributed by atoms with van der Waals surface area (Å²) in [5.74, 6) is -7.56. The number of hydrogen-bond acceptors (Lipinski definition) is 4. The monoisotopic (exact) mass is 628 g/mol. The van der Waals surface area contributed by atoms with Gasteiger partial charge in [-0.05, 0) is 59.5 Å². The Morgan fingerprint density at radius 2 is 1.27 bits per heavy atom. The van der Waals surface area contributed by atoms with Crippen molar-refractivity contribution < 1.29 is 45.3 Å². The molecule has 0 spiro atoms. The highest BCUT2D eigenvalue weighted by atomic mass is 19.3. The van der Waals surface area contributed by atoms with Crippen LogP contribution in [-0.4, -0.2) is 19.8 Å². The molecule has 45 heavy (non-hydrogen) atoms. The summed E-state index contributed by atoms with van der Waals surface area (Å²) in [6, 6.07) is 16.7. The van der Waals surface area contributed by atoms with Crippen LogP contribution in [0.4, 0.5) is 26.3 Å². The maximum absolute atomic E-state index is 15.0. The van der Waals surface area contributed by atoms with Crippen LogP contribution in [-0.2, 0) is 26.3 Å². The van der Waals surface area contributed by atoms with E-state index in [1.54, 1.807) is 0 Å². The van der Waals surface area contributed by atoms with Gasteiger partial charge in [-0.15, -0.1) is 0 Å². The van der Waals surface area contributed by atoms with Crippen molar-refractivity contribution in [2.75, 3.05) is 19.8 Å². The van der Waals surface area contributed by atoms with E-state index >= 15 is 8.78 Å². The van der Waals surface area contributed by atoms with Gasteiger partial charge in [-0.2, -0.15) is 8.78 Å². The molecule has 0 unspecified atom stereocenters. The van der Waals surface area contributed by atoms with Crippen LogP contribution >= 0.6 is 0 Å². The quantitative estimate of drug-likeness (QED) is 0.0996. The minimum atomic E-state index is -3.83. The molecule has 0 saturated carbocycles. The van der Waals surface area contributed by atoms with Gasteiger partial charge in [-0.25, -0.2) is 17.6 Å². The van der Waals surface area contributed by atoms with Crippen molar-refractivity contribution in [1.29, 1.82) is 0 Å². The zero-order valence-electron chi connectivity index (χ0n) is 24.4. The minimum absolute atomic E-state index is 0.118. The number of halogens is 6. The zero-order valence-corrected chi connectivity index (χ0v) is 24.4. The lowest BCUT2D eigenvalue weighted by Gasteiger charge is -2.52. The predicted molar refractivity (Wildman–Crippen MR) is 154 cm³/mol. The summed E-state index contributed by atoms with van der Waals surface area (Å²) in [6.45, 7) is 3.83. The van der Waals surface area contributed by atoms with E-state index in [-0.39, 0.29) is 16.5 Å². The molecule has 236 valence electrons. The Balaban J connectivity index is 1.11. The van der Waals surface area contributed by atoms with Gasteiger partial charge in [-0.1, -0.05) is 62.6 Å². The van der Waals surface area contributed by atoms with Gasteiger partial charge in [0.15, 0.2) is 17.5 Å². The summed E-state index contributed by atoms with van der Waals surface area (Å²) >= 11 is 0. The van der Waals surface area contributed by atoms with Crippen molar-refractivity contribution >= 4 is 0 Å². The van der Waals surface area contributed by atoms with E-state index in [0.29, 0.717) is 49.1 Å². The van der Waals surface area contributed by atoms with Crippen molar-refractivity contribution in [3.05, 3.63) is 113 Å². The Kier molecular flexibility index (Phi) is 8.41. The van der Waals surface area contributed by atoms with Crippen molar-refractivity contribution in [1.82, 2.24) is 0 Å². The third-order valence-corrected chi connectivity index (χ3v) is 8.29. The van der Waals surface area contributed by atoms with Crippen molar-refractivity contribution in [2.45, 2.75) is 44.7 Å². The molecule has 2 bridgehead atoms. The molecular formula is C35H30F6O4. The van der Waals surface area contributed by atoms with Crippen molar-refractivity contribution in [3.8, 4) is 28.0 Å². The van der Waals surface area contributed by atoms with E-state index in [1.165, 1.54) is 24.3 Å². The lowest BCUT2D eigenvalue weighted by Crippen LogP contribution is -2.58. The van der Waals surface area contributed by atoms with Gasteiger partial charge in [0.2, 0.25) is 0 Å². The summed E-state index contributed by atoms with van der Waals surface area (Å²) in [5.41, 5.74) is 0.929. The standard InChI is InChI=1S/C35H30F6O4/c1-2-3-4-15-33-19-42-35(43-20-33,44-21-33)26-11-7-23(8-12-26)22-5-9-25(10-6-22)34(40,41)45-27-13-14-28(29(36)18-27)24-16-30(37)32(39)31(38)17-24/h5-14,16-18H,2-4,15,19-21H2,1H3. The normalized spacial score (nSPS) is 21.2. The lowest BCUT2D eigenvalue weighted by atomic mass is 9.82. The second-order valence-corrected chi connectivity index (χ2v) is 11.5. The minimum Gasteiger partial charge on any atom is -0.429 e. The molecule has 3 saturated heterocycles. The number of unbranched alkanes of at least 4 members (excludes halogenated alkanes) is 2. The van der Waals surface area contributed by atoms with Crippen LogP contribution in [0, 0.1) is 28.7 Å². The summed E-state index contributed by atoms with van der Waals surface area (Å²) in [4.78, 5) is 0. The number of ether oxygens (including phenoxy) is 4. The van der Waals surface area contributed by atoms with Gasteiger partial charge in [0.25, 0.3) is 0 Å². The summed E-state index contributed by atoms with van der Waals surface area (Å²) in [5, 5.41) is 0. The van der Waals surface area contributed by atoms with Gasteiger partial charge in [0, 0.05) is 22.6 Å². The second-order valence-electron chi connectivity index (χ2n) is 11.5. The molecule has 0 aromatic heterocycles. The average Bonchev–Trinajstić information content (AvgIpc) is 3.04. The molecule has 3 aliphatic rings. The fraction of sp³-hybridized carbons (Fsp3) is 0.314. The third kappa shape index (κ3) is 6.19. The molecule has 10 heteroatoms. The van der Waals surface area contributed by atoms with E-state index in [0.717, 1.165) is 43.4 Å². The Hall–Kier alpha value is -3.86. The van der Waals surface area contributed by atoms with E-state index < -0.39 is 46.7 Å². The molecule has 0 radical (unpaired) electrons. The highest BCUT2D eigenvalue weighted by Gasteiger charge is 2.53. The molecule has 4 aromatic carbocycles. The molecule has 0 amide bonds. The highest BCUT2D eigenvalue weighted by molar-refractivity contribution is 5.66. The second kappa shape index (κ2) is 12.2. The summed E-state index contributed by atoms with van der Waals surface area (Å²) in [6.07, 6.45) is 0.551.